The van der Waals surface area contributed by atoms with Gasteiger partial charge in [0.25, 0.3) is 5.91 Å². The molecule has 0 aliphatic carbocycles. The van der Waals surface area contributed by atoms with Crippen LogP contribution in [-0.2, 0) is 14.4 Å². The molecule has 1 saturated heterocycles. The van der Waals surface area contributed by atoms with Gasteiger partial charge in [-0.05, 0) is 25.0 Å². The SMILES string of the molecule is CN1C(=O)COc2c(NC(=O)C3CCN(C(=O)C(F)(F)F)CC3)cccc21. The molecule has 1 N–H and O–H groups in total. The topological polar surface area (TPSA) is 79.0 Å². The maximum absolute atomic E-state index is 12.5. The predicted molar refractivity (Wildman–Crippen MR) is 89.3 cm³/mol. The van der Waals surface area contributed by atoms with Gasteiger partial charge < -0.3 is 19.9 Å². The Kier molecular flexibility index (Phi) is 4.99. The molecule has 0 atom stereocenters. The van der Waals surface area contributed by atoms with Crippen molar-refractivity contribution in [1.82, 2.24) is 4.90 Å². The average Bonchev–Trinajstić information content (AvgIpc) is 2.64. The first-order valence-electron chi connectivity index (χ1n) is 8.38. The van der Waals surface area contributed by atoms with Gasteiger partial charge in [-0.15, -0.1) is 0 Å². The fraction of sp³-hybridized carbons (Fsp3) is 0.471. The first-order chi connectivity index (χ1) is 12.7. The number of amides is 3. The normalized spacial score (nSPS) is 18.0. The second kappa shape index (κ2) is 7.09. The van der Waals surface area contributed by atoms with E-state index in [-0.39, 0.29) is 44.4 Å². The molecule has 0 bridgehead atoms. The second-order valence-electron chi connectivity index (χ2n) is 6.45. The van der Waals surface area contributed by atoms with Crippen LogP contribution in [0.3, 0.4) is 0 Å². The number of ether oxygens (including phenoxy) is 1. The van der Waals surface area contributed by atoms with Crippen molar-refractivity contribution in [3.05, 3.63) is 18.2 Å². The van der Waals surface area contributed by atoms with E-state index in [0.29, 0.717) is 17.1 Å². The summed E-state index contributed by atoms with van der Waals surface area (Å²) in [6, 6.07) is 4.98. The summed E-state index contributed by atoms with van der Waals surface area (Å²) in [5, 5.41) is 2.72. The first kappa shape index (κ1) is 19.0. The summed E-state index contributed by atoms with van der Waals surface area (Å²) in [5.41, 5.74) is 0.917. The number of likely N-dealkylation sites (N-methyl/N-ethyl adjacent to an activating group) is 1. The number of hydrogen-bond donors (Lipinski definition) is 1. The molecule has 1 aromatic carbocycles. The molecular formula is C17H18F3N3O4. The molecule has 0 unspecified atom stereocenters. The van der Waals surface area contributed by atoms with E-state index in [1.807, 2.05) is 0 Å². The molecule has 146 valence electrons. The number of anilines is 2. The van der Waals surface area contributed by atoms with E-state index in [2.05, 4.69) is 5.32 Å². The first-order valence-corrected chi connectivity index (χ1v) is 8.38. The fourth-order valence-corrected chi connectivity index (χ4v) is 3.16. The largest absolute Gasteiger partial charge is 0.479 e. The summed E-state index contributed by atoms with van der Waals surface area (Å²) in [5.74, 6) is -2.59. The van der Waals surface area contributed by atoms with E-state index in [1.54, 1.807) is 25.2 Å². The van der Waals surface area contributed by atoms with E-state index in [4.69, 9.17) is 4.74 Å². The Morgan fingerprint density at radius 3 is 2.52 bits per heavy atom. The van der Waals surface area contributed by atoms with Crippen molar-refractivity contribution in [2.45, 2.75) is 19.0 Å². The zero-order valence-corrected chi connectivity index (χ0v) is 14.5. The van der Waals surface area contributed by atoms with Crippen molar-refractivity contribution in [3.63, 3.8) is 0 Å². The maximum Gasteiger partial charge on any atom is 0.471 e. The summed E-state index contributed by atoms with van der Waals surface area (Å²) >= 11 is 0. The lowest BCUT2D eigenvalue weighted by Gasteiger charge is -2.32. The highest BCUT2D eigenvalue weighted by Gasteiger charge is 2.43. The highest BCUT2D eigenvalue weighted by atomic mass is 19.4. The van der Waals surface area contributed by atoms with Crippen molar-refractivity contribution >= 4 is 29.1 Å². The number of benzene rings is 1. The number of carbonyl (C=O) groups excluding carboxylic acids is 3. The summed E-state index contributed by atoms with van der Waals surface area (Å²) in [4.78, 5) is 37.6. The molecule has 1 aromatic rings. The van der Waals surface area contributed by atoms with Crippen LogP contribution >= 0.6 is 0 Å². The molecule has 2 heterocycles. The average molecular weight is 385 g/mol. The van der Waals surface area contributed by atoms with Crippen LogP contribution in [0.2, 0.25) is 0 Å². The van der Waals surface area contributed by atoms with E-state index < -0.39 is 18.0 Å². The third-order valence-corrected chi connectivity index (χ3v) is 4.72. The Labute approximate surface area is 153 Å². The molecule has 7 nitrogen and oxygen atoms in total. The van der Waals surface area contributed by atoms with E-state index in [0.717, 1.165) is 4.90 Å². The van der Waals surface area contributed by atoms with Gasteiger partial charge in [-0.25, -0.2) is 0 Å². The lowest BCUT2D eigenvalue weighted by Crippen LogP contribution is -2.46. The van der Waals surface area contributed by atoms with Crippen LogP contribution in [-0.4, -0.2) is 55.5 Å². The number of halogens is 3. The summed E-state index contributed by atoms with van der Waals surface area (Å²) < 4.78 is 42.9. The Hall–Kier alpha value is -2.78. The van der Waals surface area contributed by atoms with Crippen molar-refractivity contribution in [2.75, 3.05) is 37.0 Å². The molecule has 1 fully saturated rings. The van der Waals surface area contributed by atoms with Gasteiger partial charge in [-0.2, -0.15) is 13.2 Å². The second-order valence-corrected chi connectivity index (χ2v) is 6.45. The Bertz CT molecular complexity index is 773. The van der Waals surface area contributed by atoms with Crippen molar-refractivity contribution in [1.29, 1.82) is 0 Å². The van der Waals surface area contributed by atoms with Gasteiger partial charge in [-0.3, -0.25) is 14.4 Å². The number of alkyl halides is 3. The number of para-hydroxylation sites is 1. The number of piperidine rings is 1. The number of nitrogens with one attached hydrogen (secondary N) is 1. The van der Waals surface area contributed by atoms with Crippen LogP contribution in [0.15, 0.2) is 18.2 Å². The van der Waals surface area contributed by atoms with Crippen LogP contribution in [0.1, 0.15) is 12.8 Å². The van der Waals surface area contributed by atoms with Gasteiger partial charge in [-0.1, -0.05) is 6.07 Å². The molecule has 3 amide bonds. The van der Waals surface area contributed by atoms with Crippen molar-refractivity contribution in [2.24, 2.45) is 5.92 Å². The van der Waals surface area contributed by atoms with E-state index in [1.165, 1.54) is 4.90 Å². The summed E-state index contributed by atoms with van der Waals surface area (Å²) in [6.45, 7) is -0.400. The predicted octanol–water partition coefficient (Wildman–Crippen LogP) is 1.78. The number of nitrogens with zero attached hydrogens (tertiary/aromatic N) is 2. The molecule has 2 aliphatic heterocycles. The van der Waals surface area contributed by atoms with Crippen LogP contribution in [0.25, 0.3) is 0 Å². The molecule has 0 spiro atoms. The smallest absolute Gasteiger partial charge is 0.471 e. The minimum atomic E-state index is -4.90. The van der Waals surface area contributed by atoms with Crippen molar-refractivity contribution in [3.8, 4) is 5.75 Å². The van der Waals surface area contributed by atoms with Gasteiger partial charge in [0, 0.05) is 26.1 Å². The molecule has 10 heteroatoms. The summed E-state index contributed by atoms with van der Waals surface area (Å²) in [6.07, 6.45) is -4.62. The molecular weight excluding hydrogens is 367 g/mol. The minimum absolute atomic E-state index is 0.128. The molecule has 3 rings (SSSR count). The van der Waals surface area contributed by atoms with E-state index >= 15 is 0 Å². The van der Waals surface area contributed by atoms with Gasteiger partial charge >= 0.3 is 12.1 Å². The number of carbonyl (C=O) groups is 3. The monoisotopic (exact) mass is 385 g/mol. The zero-order chi connectivity index (χ0) is 19.8. The zero-order valence-electron chi connectivity index (χ0n) is 14.5. The maximum atomic E-state index is 12.5. The van der Waals surface area contributed by atoms with Gasteiger partial charge in [0.15, 0.2) is 12.4 Å². The van der Waals surface area contributed by atoms with Gasteiger partial charge in [0.05, 0.1) is 11.4 Å². The fourth-order valence-electron chi connectivity index (χ4n) is 3.16. The number of rotatable bonds is 2. The van der Waals surface area contributed by atoms with Crippen LogP contribution in [0.5, 0.6) is 5.75 Å². The number of likely N-dealkylation sites (tertiary alicyclic amines) is 1. The lowest BCUT2D eigenvalue weighted by molar-refractivity contribution is -0.186. The molecule has 0 aromatic heterocycles. The molecule has 27 heavy (non-hydrogen) atoms. The standard InChI is InChI=1S/C17H18F3N3O4/c1-22-12-4-2-3-11(14(12)27-9-13(22)24)21-15(25)10-5-7-23(8-6-10)16(26)17(18,19)20/h2-4,10H,5-9H2,1H3,(H,21,25). The van der Waals surface area contributed by atoms with Crippen LogP contribution < -0.4 is 15.0 Å². The Balaban J connectivity index is 1.65. The third kappa shape index (κ3) is 3.83. The quantitative estimate of drug-likeness (QED) is 0.842. The lowest BCUT2D eigenvalue weighted by atomic mass is 9.95. The Morgan fingerprint density at radius 2 is 1.89 bits per heavy atom. The molecule has 0 radical (unpaired) electrons. The highest BCUT2D eigenvalue weighted by Crippen LogP contribution is 2.38. The number of fused-ring (bicyclic) bond motifs is 1. The molecule has 2 aliphatic rings. The number of hydrogen-bond acceptors (Lipinski definition) is 4. The van der Waals surface area contributed by atoms with Gasteiger partial charge in [0.2, 0.25) is 5.91 Å². The van der Waals surface area contributed by atoms with Gasteiger partial charge in [0.1, 0.15) is 0 Å². The highest BCUT2D eigenvalue weighted by molar-refractivity contribution is 6.01. The van der Waals surface area contributed by atoms with E-state index in [9.17, 15) is 27.6 Å². The molecule has 0 saturated carbocycles. The Morgan fingerprint density at radius 1 is 1.22 bits per heavy atom. The summed E-state index contributed by atoms with van der Waals surface area (Å²) in [7, 11) is 1.60. The van der Waals surface area contributed by atoms with Crippen LogP contribution in [0, 0.1) is 5.92 Å². The third-order valence-electron chi connectivity index (χ3n) is 4.72. The van der Waals surface area contributed by atoms with Crippen molar-refractivity contribution < 1.29 is 32.3 Å². The van der Waals surface area contributed by atoms with Crippen LogP contribution in [0.4, 0.5) is 24.5 Å². The minimum Gasteiger partial charge on any atom is -0.479 e.